The van der Waals surface area contributed by atoms with Crippen molar-refractivity contribution in [1.29, 1.82) is 0 Å². The molecule has 1 heterocycles. The maximum Gasteiger partial charge on any atom is 0.416 e. The Morgan fingerprint density at radius 1 is 0.889 bits per heavy atom. The summed E-state index contributed by atoms with van der Waals surface area (Å²) in [7, 11) is 0. The van der Waals surface area contributed by atoms with Crippen molar-refractivity contribution in [2.75, 3.05) is 0 Å². The Labute approximate surface area is 210 Å². The van der Waals surface area contributed by atoms with E-state index in [0.717, 1.165) is 17.7 Å². The molecule has 0 spiro atoms. The van der Waals surface area contributed by atoms with Crippen molar-refractivity contribution in [3.63, 3.8) is 0 Å². The van der Waals surface area contributed by atoms with Crippen LogP contribution in [0.1, 0.15) is 37.7 Å². The Balaban J connectivity index is 1.49. The molecule has 1 N–H and O–H groups in total. The molecule has 4 rings (SSSR count). The van der Waals surface area contributed by atoms with Crippen LogP contribution in [0.15, 0.2) is 84.2 Å². The minimum absolute atomic E-state index is 0.146. The van der Waals surface area contributed by atoms with Gasteiger partial charge >= 0.3 is 6.18 Å². The molecule has 0 unspecified atom stereocenters. The van der Waals surface area contributed by atoms with E-state index in [0.29, 0.717) is 22.7 Å². The van der Waals surface area contributed by atoms with Crippen LogP contribution in [0.4, 0.5) is 17.6 Å². The van der Waals surface area contributed by atoms with Crippen molar-refractivity contribution in [3.8, 4) is 0 Å². The Morgan fingerprint density at radius 3 is 2.36 bits per heavy atom. The predicted molar refractivity (Wildman–Crippen MR) is 131 cm³/mol. The van der Waals surface area contributed by atoms with Crippen molar-refractivity contribution in [2.45, 2.75) is 32.4 Å². The third-order valence-electron chi connectivity index (χ3n) is 5.45. The van der Waals surface area contributed by atoms with Gasteiger partial charge in [-0.15, -0.1) is 11.3 Å². The fraction of sp³-hybridized carbons (Fsp3) is 0.185. The fourth-order valence-electron chi connectivity index (χ4n) is 3.69. The van der Waals surface area contributed by atoms with Gasteiger partial charge in [0.2, 0.25) is 0 Å². The number of hydrogen-bond donors (Lipinski definition) is 1. The van der Waals surface area contributed by atoms with Gasteiger partial charge in [-0.05, 0) is 23.3 Å². The van der Waals surface area contributed by atoms with Gasteiger partial charge in [-0.3, -0.25) is 9.69 Å². The average molecular weight is 514 g/mol. The molecule has 0 saturated heterocycles. The predicted octanol–water partition coefficient (Wildman–Crippen LogP) is 6.43. The quantitative estimate of drug-likeness (QED) is 0.262. The van der Waals surface area contributed by atoms with Gasteiger partial charge in [0.15, 0.2) is 0 Å². The number of nitrogens with one attached hydrogen (secondary N) is 1. The second-order valence-electron chi connectivity index (χ2n) is 8.23. The third-order valence-corrected chi connectivity index (χ3v) is 6.28. The minimum Gasteiger partial charge on any atom is -0.347 e. The van der Waals surface area contributed by atoms with Gasteiger partial charge in [-0.25, -0.2) is 9.37 Å². The smallest absolute Gasteiger partial charge is 0.347 e. The molecular formula is C27H23F4N3OS. The molecule has 4 nitrogen and oxygen atoms in total. The molecule has 186 valence electrons. The van der Waals surface area contributed by atoms with E-state index in [9.17, 15) is 22.4 Å². The van der Waals surface area contributed by atoms with Crippen LogP contribution in [0.5, 0.6) is 0 Å². The van der Waals surface area contributed by atoms with Crippen molar-refractivity contribution in [2.24, 2.45) is 0 Å². The number of aromatic nitrogens is 1. The first-order chi connectivity index (χ1) is 17.3. The lowest BCUT2D eigenvalue weighted by molar-refractivity contribution is -0.137. The van der Waals surface area contributed by atoms with Gasteiger partial charge in [0.25, 0.3) is 5.91 Å². The van der Waals surface area contributed by atoms with Crippen LogP contribution < -0.4 is 5.32 Å². The van der Waals surface area contributed by atoms with Gasteiger partial charge < -0.3 is 5.32 Å². The molecule has 0 fully saturated rings. The van der Waals surface area contributed by atoms with E-state index in [1.54, 1.807) is 34.5 Å². The molecule has 36 heavy (non-hydrogen) atoms. The van der Waals surface area contributed by atoms with E-state index >= 15 is 0 Å². The van der Waals surface area contributed by atoms with Gasteiger partial charge in [0.05, 0.1) is 12.1 Å². The molecule has 3 aromatic carbocycles. The first-order valence-corrected chi connectivity index (χ1v) is 12.0. The lowest BCUT2D eigenvalue weighted by Gasteiger charge is -2.22. The van der Waals surface area contributed by atoms with E-state index < -0.39 is 17.6 Å². The summed E-state index contributed by atoms with van der Waals surface area (Å²) in [6.45, 7) is 0.911. The number of benzene rings is 3. The normalized spacial score (nSPS) is 11.6. The fourth-order valence-corrected chi connectivity index (χ4v) is 4.50. The maximum absolute atomic E-state index is 14.3. The first-order valence-electron chi connectivity index (χ1n) is 11.2. The molecule has 9 heteroatoms. The number of amides is 1. The highest BCUT2D eigenvalue weighted by Gasteiger charge is 2.30. The van der Waals surface area contributed by atoms with Crippen LogP contribution in [-0.2, 0) is 32.4 Å². The zero-order chi connectivity index (χ0) is 25.5. The summed E-state index contributed by atoms with van der Waals surface area (Å²) in [6.07, 6.45) is -4.45. The van der Waals surface area contributed by atoms with Crippen LogP contribution in [0, 0.1) is 5.82 Å². The van der Waals surface area contributed by atoms with Crippen molar-refractivity contribution >= 4 is 17.2 Å². The number of halogens is 4. The largest absolute Gasteiger partial charge is 0.416 e. The molecule has 0 aliphatic heterocycles. The lowest BCUT2D eigenvalue weighted by atomic mass is 10.1. The Morgan fingerprint density at radius 2 is 1.61 bits per heavy atom. The number of nitrogens with zero attached hydrogens (tertiary/aromatic N) is 2. The molecule has 0 radical (unpaired) electrons. The summed E-state index contributed by atoms with van der Waals surface area (Å²) < 4.78 is 53.9. The summed E-state index contributed by atoms with van der Waals surface area (Å²) >= 11 is 1.27. The van der Waals surface area contributed by atoms with Crippen LogP contribution in [0.2, 0.25) is 0 Å². The highest BCUT2D eigenvalue weighted by molar-refractivity contribution is 7.09. The number of carbonyl (C=O) groups is 1. The van der Waals surface area contributed by atoms with E-state index in [2.05, 4.69) is 10.3 Å². The Kier molecular flexibility index (Phi) is 8.12. The monoisotopic (exact) mass is 513 g/mol. The van der Waals surface area contributed by atoms with Crippen molar-refractivity contribution < 1.29 is 22.4 Å². The van der Waals surface area contributed by atoms with E-state index in [-0.39, 0.29) is 31.2 Å². The number of thiazole rings is 1. The molecule has 1 aromatic heterocycles. The van der Waals surface area contributed by atoms with Gasteiger partial charge in [0.1, 0.15) is 16.5 Å². The Hall–Kier alpha value is -3.56. The minimum atomic E-state index is -4.45. The summed E-state index contributed by atoms with van der Waals surface area (Å²) in [4.78, 5) is 18.8. The van der Waals surface area contributed by atoms with Gasteiger partial charge in [0, 0.05) is 30.6 Å². The first kappa shape index (κ1) is 25.5. The summed E-state index contributed by atoms with van der Waals surface area (Å²) in [5, 5.41) is 5.07. The summed E-state index contributed by atoms with van der Waals surface area (Å²) in [5.74, 6) is -0.716. The van der Waals surface area contributed by atoms with Gasteiger partial charge in [-0.2, -0.15) is 13.2 Å². The maximum atomic E-state index is 14.3. The zero-order valence-electron chi connectivity index (χ0n) is 19.1. The standard InChI is InChI=1S/C27H23F4N3OS/c28-23-12-5-4-10-21(23)16-34(15-20-9-6-11-22(13-20)27(29,30)31)17-25-33-24(18-36-25)26(35)32-14-19-7-2-1-3-8-19/h1-13,18H,14-17H2,(H,32,35). The zero-order valence-corrected chi connectivity index (χ0v) is 20.0. The average Bonchev–Trinajstić information content (AvgIpc) is 3.33. The van der Waals surface area contributed by atoms with E-state index in [1.165, 1.54) is 23.5 Å². The van der Waals surface area contributed by atoms with Crippen LogP contribution in [0.3, 0.4) is 0 Å². The number of carbonyl (C=O) groups excluding carboxylic acids is 1. The Bertz CT molecular complexity index is 1310. The molecule has 0 bridgehead atoms. The molecule has 1 amide bonds. The van der Waals surface area contributed by atoms with E-state index in [4.69, 9.17) is 0 Å². The molecular weight excluding hydrogens is 490 g/mol. The second kappa shape index (κ2) is 11.5. The number of rotatable bonds is 9. The second-order valence-corrected chi connectivity index (χ2v) is 9.17. The molecule has 4 aromatic rings. The molecule has 0 atom stereocenters. The third kappa shape index (κ3) is 6.99. The van der Waals surface area contributed by atoms with Crippen LogP contribution >= 0.6 is 11.3 Å². The van der Waals surface area contributed by atoms with Crippen LogP contribution in [-0.4, -0.2) is 15.8 Å². The SMILES string of the molecule is O=C(NCc1ccccc1)c1csc(CN(Cc2cccc(C(F)(F)F)c2)Cc2ccccc2F)n1. The van der Waals surface area contributed by atoms with Crippen molar-refractivity contribution in [1.82, 2.24) is 15.2 Å². The number of alkyl halides is 3. The van der Waals surface area contributed by atoms with E-state index in [1.807, 2.05) is 30.3 Å². The summed E-state index contributed by atoms with van der Waals surface area (Å²) in [5.41, 5.74) is 1.34. The van der Waals surface area contributed by atoms with Gasteiger partial charge in [-0.1, -0.05) is 66.7 Å². The van der Waals surface area contributed by atoms with Crippen LogP contribution in [0.25, 0.3) is 0 Å². The summed E-state index contributed by atoms with van der Waals surface area (Å²) in [6, 6.07) is 20.8. The lowest BCUT2D eigenvalue weighted by Crippen LogP contribution is -2.24. The topological polar surface area (TPSA) is 45.2 Å². The van der Waals surface area contributed by atoms with Crippen molar-refractivity contribution in [3.05, 3.63) is 123 Å². The molecule has 0 aliphatic rings. The number of hydrogen-bond acceptors (Lipinski definition) is 4. The highest BCUT2D eigenvalue weighted by Crippen LogP contribution is 2.30. The molecule has 0 saturated carbocycles. The highest BCUT2D eigenvalue weighted by atomic mass is 32.1. The molecule has 0 aliphatic carbocycles.